The number of halogens is 1. The predicted molar refractivity (Wildman–Crippen MR) is 122 cm³/mol. The van der Waals surface area contributed by atoms with Crippen molar-refractivity contribution >= 4 is 35.0 Å². The third-order valence-electron chi connectivity index (χ3n) is 7.02. The van der Waals surface area contributed by atoms with Crippen molar-refractivity contribution < 1.29 is 29.3 Å². The summed E-state index contributed by atoms with van der Waals surface area (Å²) in [5.41, 5.74) is 0.167. The van der Waals surface area contributed by atoms with Gasteiger partial charge in [0.1, 0.15) is 5.54 Å². The number of nitrogens with zero attached hydrogens (tertiary/aromatic N) is 1. The largest absolute Gasteiger partial charge is 0.504 e. The number of phenols is 2. The summed E-state index contributed by atoms with van der Waals surface area (Å²) in [6, 6.07) is 8.94. The fraction of sp³-hybridized carbons (Fsp3) is 0.375. The molecule has 3 aliphatic rings. The zero-order valence-electron chi connectivity index (χ0n) is 18.4. The molecule has 3 amide bonds. The molecule has 3 heterocycles. The van der Waals surface area contributed by atoms with Gasteiger partial charge < -0.3 is 20.3 Å². The Labute approximate surface area is 200 Å². The van der Waals surface area contributed by atoms with Crippen molar-refractivity contribution in [1.82, 2.24) is 10.2 Å². The zero-order valence-corrected chi connectivity index (χ0v) is 19.1. The van der Waals surface area contributed by atoms with Crippen molar-refractivity contribution in [3.63, 3.8) is 0 Å². The van der Waals surface area contributed by atoms with Gasteiger partial charge >= 0.3 is 0 Å². The Morgan fingerprint density at radius 3 is 2.65 bits per heavy atom. The van der Waals surface area contributed by atoms with E-state index in [0.717, 1.165) is 0 Å². The average molecular weight is 486 g/mol. The summed E-state index contributed by atoms with van der Waals surface area (Å²) in [6.07, 6.45) is 0.740. The number of aromatic hydroxyl groups is 2. The number of amides is 3. The number of imide groups is 1. The Hall–Kier alpha value is -3.14. The van der Waals surface area contributed by atoms with Crippen molar-refractivity contribution in [3.05, 3.63) is 52.5 Å². The Kier molecular flexibility index (Phi) is 5.50. The fourth-order valence-electron chi connectivity index (χ4n) is 5.57. The third-order valence-corrected chi connectivity index (χ3v) is 7.33. The summed E-state index contributed by atoms with van der Waals surface area (Å²) >= 11 is 6.35. The second kappa shape index (κ2) is 8.26. The van der Waals surface area contributed by atoms with Crippen LogP contribution in [0.1, 0.15) is 17.5 Å². The highest BCUT2D eigenvalue weighted by atomic mass is 35.5. The minimum absolute atomic E-state index is 0.200. The highest BCUT2D eigenvalue weighted by molar-refractivity contribution is 6.35. The lowest BCUT2D eigenvalue weighted by molar-refractivity contribution is -0.143. The molecule has 4 N–H and O–H groups in total. The van der Waals surface area contributed by atoms with Crippen LogP contribution in [0.4, 0.5) is 5.69 Å². The first-order valence-corrected chi connectivity index (χ1v) is 11.4. The number of carbonyl (C=O) groups is 3. The summed E-state index contributed by atoms with van der Waals surface area (Å²) < 4.78 is 5.07. The first-order chi connectivity index (χ1) is 16.3. The number of anilines is 1. The van der Waals surface area contributed by atoms with E-state index in [4.69, 9.17) is 16.3 Å². The van der Waals surface area contributed by atoms with Gasteiger partial charge in [-0.2, -0.15) is 0 Å². The summed E-state index contributed by atoms with van der Waals surface area (Å²) in [5.74, 6) is -3.45. The number of rotatable bonds is 6. The second-order valence-corrected chi connectivity index (χ2v) is 9.29. The maximum absolute atomic E-state index is 13.6. The van der Waals surface area contributed by atoms with Crippen LogP contribution in [0.25, 0.3) is 0 Å². The third kappa shape index (κ3) is 3.19. The van der Waals surface area contributed by atoms with Crippen LogP contribution in [-0.4, -0.2) is 59.1 Å². The molecule has 34 heavy (non-hydrogen) atoms. The molecular weight excluding hydrogens is 462 g/mol. The average Bonchev–Trinajstić information content (AvgIpc) is 3.38. The van der Waals surface area contributed by atoms with Crippen LogP contribution >= 0.6 is 11.6 Å². The molecule has 5 rings (SSSR count). The number of hydrogen-bond acceptors (Lipinski definition) is 7. The Balaban J connectivity index is 1.58. The van der Waals surface area contributed by atoms with Crippen molar-refractivity contribution in [2.75, 3.05) is 25.6 Å². The van der Waals surface area contributed by atoms with Crippen LogP contribution in [0.5, 0.6) is 11.5 Å². The van der Waals surface area contributed by atoms with E-state index in [0.29, 0.717) is 34.9 Å². The minimum Gasteiger partial charge on any atom is -0.504 e. The number of likely N-dealkylation sites (tertiary alicyclic amines) is 1. The Bertz CT molecular complexity index is 1200. The van der Waals surface area contributed by atoms with Crippen LogP contribution in [0, 0.1) is 11.8 Å². The van der Waals surface area contributed by atoms with Crippen molar-refractivity contribution in [3.8, 4) is 11.5 Å². The second-order valence-electron chi connectivity index (χ2n) is 8.88. The molecule has 0 unspecified atom stereocenters. The van der Waals surface area contributed by atoms with Crippen molar-refractivity contribution in [1.29, 1.82) is 0 Å². The first-order valence-electron chi connectivity index (χ1n) is 11.0. The van der Waals surface area contributed by atoms with E-state index in [-0.39, 0.29) is 30.4 Å². The fourth-order valence-corrected chi connectivity index (χ4v) is 5.79. The number of nitrogens with one attached hydrogen (secondary N) is 2. The molecule has 0 radical (unpaired) electrons. The molecule has 178 valence electrons. The molecule has 2 aromatic rings. The molecule has 3 aliphatic heterocycles. The summed E-state index contributed by atoms with van der Waals surface area (Å²) in [5, 5.41) is 26.1. The Morgan fingerprint density at radius 1 is 1.12 bits per heavy atom. The van der Waals surface area contributed by atoms with E-state index >= 15 is 0 Å². The van der Waals surface area contributed by atoms with E-state index in [9.17, 15) is 24.6 Å². The van der Waals surface area contributed by atoms with Crippen molar-refractivity contribution in [2.45, 2.75) is 24.4 Å². The van der Waals surface area contributed by atoms with Gasteiger partial charge in [-0.05, 0) is 36.6 Å². The van der Waals surface area contributed by atoms with Crippen LogP contribution in [0.15, 0.2) is 36.4 Å². The summed E-state index contributed by atoms with van der Waals surface area (Å²) in [7, 11) is 1.55. The SMILES string of the molecule is COCCCN1C(=O)[C@H]2[C@@H](C1=O)[C@@]1(N[C@@H]2Cc2ccc(O)c(O)c2)C(=O)Nc2c(Cl)cccc21. The van der Waals surface area contributed by atoms with Gasteiger partial charge in [0.15, 0.2) is 11.5 Å². The van der Waals surface area contributed by atoms with E-state index in [2.05, 4.69) is 10.6 Å². The lowest BCUT2D eigenvalue weighted by Crippen LogP contribution is -2.53. The monoisotopic (exact) mass is 485 g/mol. The molecule has 10 heteroatoms. The predicted octanol–water partition coefficient (Wildman–Crippen LogP) is 1.75. The van der Waals surface area contributed by atoms with Gasteiger partial charge in [-0.15, -0.1) is 0 Å². The number of phenolic OH excluding ortho intramolecular Hbond substituents is 2. The van der Waals surface area contributed by atoms with Crippen LogP contribution < -0.4 is 10.6 Å². The maximum atomic E-state index is 13.6. The van der Waals surface area contributed by atoms with Gasteiger partial charge in [0.2, 0.25) is 17.7 Å². The quantitative estimate of drug-likeness (QED) is 0.279. The maximum Gasteiger partial charge on any atom is 0.250 e. The van der Waals surface area contributed by atoms with Crippen molar-refractivity contribution in [2.24, 2.45) is 11.8 Å². The normalized spacial score (nSPS) is 27.4. The minimum atomic E-state index is -1.45. The molecule has 0 bridgehead atoms. The number of benzene rings is 2. The van der Waals surface area contributed by atoms with Gasteiger partial charge in [-0.3, -0.25) is 24.6 Å². The van der Waals surface area contributed by atoms with E-state index < -0.39 is 35.2 Å². The van der Waals surface area contributed by atoms with Crippen LogP contribution in [-0.2, 0) is 31.1 Å². The molecule has 1 spiro atoms. The molecule has 2 fully saturated rings. The summed E-state index contributed by atoms with van der Waals surface area (Å²) in [4.78, 5) is 41.8. The van der Waals surface area contributed by atoms with E-state index in [1.807, 2.05) is 0 Å². The van der Waals surface area contributed by atoms with Gasteiger partial charge in [-0.1, -0.05) is 29.8 Å². The first kappa shape index (κ1) is 22.6. The van der Waals surface area contributed by atoms with Gasteiger partial charge in [0.25, 0.3) is 0 Å². The van der Waals surface area contributed by atoms with E-state index in [1.165, 1.54) is 17.0 Å². The Morgan fingerprint density at radius 2 is 1.91 bits per heavy atom. The highest BCUT2D eigenvalue weighted by Gasteiger charge is 2.70. The molecule has 0 saturated carbocycles. The number of hydrogen-bond donors (Lipinski definition) is 4. The lowest BCUT2D eigenvalue weighted by atomic mass is 9.76. The zero-order chi connectivity index (χ0) is 24.2. The standard InChI is InChI=1S/C24H24ClN3O6/c1-34-9-3-8-28-21(31)18-15(10-12-6-7-16(29)17(30)11-12)27-24(19(18)22(28)32)13-4-2-5-14(25)20(13)26-23(24)33/h2,4-7,11,15,18-19,27,29-30H,3,8-10H2,1H3,(H,26,33)/t15-,18-,19+,24-/m1/s1. The molecule has 2 aromatic carbocycles. The molecule has 0 aliphatic carbocycles. The summed E-state index contributed by atoms with van der Waals surface area (Å²) in [6.45, 7) is 0.594. The van der Waals surface area contributed by atoms with E-state index in [1.54, 1.807) is 31.4 Å². The number of methoxy groups -OCH3 is 1. The topological polar surface area (TPSA) is 128 Å². The van der Waals surface area contributed by atoms with Gasteiger partial charge in [0, 0.05) is 31.9 Å². The lowest BCUT2D eigenvalue weighted by Gasteiger charge is -2.29. The van der Waals surface area contributed by atoms with Gasteiger partial charge in [-0.25, -0.2) is 0 Å². The van der Waals surface area contributed by atoms with Crippen LogP contribution in [0.3, 0.4) is 0 Å². The highest BCUT2D eigenvalue weighted by Crippen LogP contribution is 2.54. The van der Waals surface area contributed by atoms with Crippen LogP contribution in [0.2, 0.25) is 5.02 Å². The smallest absolute Gasteiger partial charge is 0.250 e. The number of fused-ring (bicyclic) bond motifs is 4. The molecule has 4 atom stereocenters. The number of carbonyl (C=O) groups excluding carboxylic acids is 3. The van der Waals surface area contributed by atoms with Gasteiger partial charge in [0.05, 0.1) is 22.5 Å². The molecule has 9 nitrogen and oxygen atoms in total. The molecule has 0 aromatic heterocycles. The molecule has 2 saturated heterocycles. The number of ether oxygens (including phenoxy) is 1. The number of para-hydroxylation sites is 1. The molecular formula is C24H24ClN3O6.